The van der Waals surface area contributed by atoms with Crippen LogP contribution in [0.25, 0.3) is 21.3 Å². The van der Waals surface area contributed by atoms with Gasteiger partial charge in [0.15, 0.2) is 5.13 Å². The van der Waals surface area contributed by atoms with Gasteiger partial charge in [-0.15, -0.1) is 0 Å². The van der Waals surface area contributed by atoms with Crippen LogP contribution >= 0.6 is 11.3 Å². The smallest absolute Gasteiger partial charge is 0.229 e. The molecule has 3 aromatic rings. The molecule has 0 radical (unpaired) electrons. The molecule has 1 saturated heterocycles. The molecule has 1 amide bonds. The Morgan fingerprint density at radius 1 is 1.26 bits per heavy atom. The molecule has 2 fully saturated rings. The Morgan fingerprint density at radius 2 is 2.19 bits per heavy atom. The van der Waals surface area contributed by atoms with Gasteiger partial charge in [-0.1, -0.05) is 23.5 Å². The first-order valence-electron chi connectivity index (χ1n) is 9.32. The summed E-state index contributed by atoms with van der Waals surface area (Å²) in [7, 11) is 0. The van der Waals surface area contributed by atoms with Crippen LogP contribution < -0.4 is 5.32 Å². The molecule has 1 N–H and O–H groups in total. The number of thiazole rings is 1. The number of hydrogen-bond acceptors (Lipinski definition) is 6. The van der Waals surface area contributed by atoms with Crippen LogP contribution in [0.4, 0.5) is 5.13 Å². The van der Waals surface area contributed by atoms with E-state index in [2.05, 4.69) is 20.3 Å². The van der Waals surface area contributed by atoms with E-state index >= 15 is 0 Å². The molecule has 3 heterocycles. The number of rotatable bonds is 3. The fourth-order valence-electron chi connectivity index (χ4n) is 3.97. The Labute approximate surface area is 161 Å². The van der Waals surface area contributed by atoms with E-state index in [4.69, 9.17) is 4.74 Å². The van der Waals surface area contributed by atoms with Crippen LogP contribution in [0, 0.1) is 5.92 Å². The van der Waals surface area contributed by atoms with E-state index in [9.17, 15) is 4.79 Å². The normalized spacial score (nSPS) is 21.1. The summed E-state index contributed by atoms with van der Waals surface area (Å²) in [6.07, 6.45) is 10.2. The summed E-state index contributed by atoms with van der Waals surface area (Å²) in [5.41, 5.74) is 1.91. The molecular formula is C20H20N4O2S. The average molecular weight is 380 g/mol. The van der Waals surface area contributed by atoms with Crippen LogP contribution in [0.2, 0.25) is 0 Å². The zero-order valence-corrected chi connectivity index (χ0v) is 15.7. The number of anilines is 1. The van der Waals surface area contributed by atoms with Crippen LogP contribution in [-0.2, 0) is 9.53 Å². The number of nitrogens with one attached hydrogen (secondary N) is 1. The first kappa shape index (κ1) is 16.8. The highest BCUT2D eigenvalue weighted by Crippen LogP contribution is 2.44. The molecule has 138 valence electrons. The highest BCUT2D eigenvalue weighted by molar-refractivity contribution is 7.19. The summed E-state index contributed by atoms with van der Waals surface area (Å²) >= 11 is 1.49. The molecule has 1 atom stereocenters. The van der Waals surface area contributed by atoms with Crippen molar-refractivity contribution in [3.05, 3.63) is 36.9 Å². The molecule has 1 aliphatic carbocycles. The highest BCUT2D eigenvalue weighted by Gasteiger charge is 2.44. The Kier molecular flexibility index (Phi) is 4.13. The standard InChI is InChI=1S/C20H20N4O2S/c25-18(14-4-7-26-20(9-14)5-1-6-20)24-19-22-11-17(27-19)13-2-3-15-10-21-12-23-16(15)8-13/h2-3,8,10-12,14H,1,4-7,9H2,(H,22,24,25). The molecule has 7 heteroatoms. The minimum absolute atomic E-state index is 0.0174. The number of ether oxygens (including phenoxy) is 1. The number of benzene rings is 1. The number of hydrogen-bond donors (Lipinski definition) is 1. The van der Waals surface area contributed by atoms with Crippen LogP contribution in [0.1, 0.15) is 32.1 Å². The second-order valence-corrected chi connectivity index (χ2v) is 8.42. The summed E-state index contributed by atoms with van der Waals surface area (Å²) in [4.78, 5) is 26.4. The lowest BCUT2D eigenvalue weighted by Crippen LogP contribution is -2.47. The maximum Gasteiger partial charge on any atom is 0.229 e. The zero-order valence-electron chi connectivity index (χ0n) is 14.9. The van der Waals surface area contributed by atoms with E-state index in [1.54, 1.807) is 18.7 Å². The monoisotopic (exact) mass is 380 g/mol. The third-order valence-electron chi connectivity index (χ3n) is 5.66. The summed E-state index contributed by atoms with van der Waals surface area (Å²) in [5, 5.41) is 4.66. The third kappa shape index (κ3) is 3.21. The van der Waals surface area contributed by atoms with Crippen molar-refractivity contribution in [1.82, 2.24) is 15.0 Å². The van der Waals surface area contributed by atoms with E-state index in [0.29, 0.717) is 11.7 Å². The molecule has 5 rings (SSSR count). The van der Waals surface area contributed by atoms with Gasteiger partial charge in [-0.25, -0.2) is 15.0 Å². The minimum atomic E-state index is -0.0265. The maximum absolute atomic E-state index is 12.7. The highest BCUT2D eigenvalue weighted by atomic mass is 32.1. The van der Waals surface area contributed by atoms with Crippen molar-refractivity contribution >= 4 is 33.3 Å². The number of fused-ring (bicyclic) bond motifs is 1. The van der Waals surface area contributed by atoms with E-state index in [1.165, 1.54) is 17.8 Å². The van der Waals surface area contributed by atoms with Gasteiger partial charge in [-0.3, -0.25) is 4.79 Å². The summed E-state index contributed by atoms with van der Waals surface area (Å²) in [6, 6.07) is 6.06. The van der Waals surface area contributed by atoms with Gasteiger partial charge >= 0.3 is 0 Å². The molecule has 1 saturated carbocycles. The predicted molar refractivity (Wildman–Crippen MR) is 105 cm³/mol. The predicted octanol–water partition coefficient (Wildman–Crippen LogP) is 4.04. The van der Waals surface area contributed by atoms with E-state index in [0.717, 1.165) is 47.0 Å². The number of carbonyl (C=O) groups is 1. The van der Waals surface area contributed by atoms with Crippen LogP contribution in [0.5, 0.6) is 0 Å². The summed E-state index contributed by atoms with van der Waals surface area (Å²) in [5.74, 6) is 0.0838. The zero-order chi connectivity index (χ0) is 18.3. The van der Waals surface area contributed by atoms with Crippen molar-refractivity contribution in [2.75, 3.05) is 11.9 Å². The fourth-order valence-corrected chi connectivity index (χ4v) is 4.79. The molecule has 1 unspecified atom stereocenters. The lowest BCUT2D eigenvalue weighted by molar-refractivity contribution is -0.153. The minimum Gasteiger partial charge on any atom is -0.375 e. The lowest BCUT2D eigenvalue weighted by Gasteiger charge is -2.46. The number of carbonyl (C=O) groups excluding carboxylic acids is 1. The summed E-state index contributed by atoms with van der Waals surface area (Å²) < 4.78 is 5.93. The second-order valence-electron chi connectivity index (χ2n) is 7.39. The quantitative estimate of drug-likeness (QED) is 0.742. The second kappa shape index (κ2) is 6.65. The van der Waals surface area contributed by atoms with Crippen molar-refractivity contribution in [2.24, 2.45) is 5.92 Å². The van der Waals surface area contributed by atoms with E-state index < -0.39 is 0 Å². The number of nitrogens with zero attached hydrogens (tertiary/aromatic N) is 3. The Bertz CT molecular complexity index is 998. The number of aromatic nitrogens is 3. The molecule has 2 aromatic heterocycles. The third-order valence-corrected chi connectivity index (χ3v) is 6.62. The molecule has 1 aliphatic heterocycles. The molecular weight excluding hydrogens is 360 g/mol. The van der Waals surface area contributed by atoms with Gasteiger partial charge < -0.3 is 10.1 Å². The maximum atomic E-state index is 12.7. The molecule has 2 aliphatic rings. The average Bonchev–Trinajstić information content (AvgIpc) is 3.15. The van der Waals surface area contributed by atoms with Crippen molar-refractivity contribution < 1.29 is 9.53 Å². The van der Waals surface area contributed by atoms with Crippen molar-refractivity contribution in [3.8, 4) is 10.4 Å². The molecule has 0 bridgehead atoms. The van der Waals surface area contributed by atoms with Crippen molar-refractivity contribution in [3.63, 3.8) is 0 Å². The van der Waals surface area contributed by atoms with Gasteiger partial charge in [0.2, 0.25) is 5.91 Å². The van der Waals surface area contributed by atoms with Crippen LogP contribution in [0.3, 0.4) is 0 Å². The Morgan fingerprint density at radius 3 is 3.04 bits per heavy atom. The van der Waals surface area contributed by atoms with E-state index in [1.807, 2.05) is 18.2 Å². The van der Waals surface area contributed by atoms with Crippen molar-refractivity contribution in [2.45, 2.75) is 37.7 Å². The summed E-state index contributed by atoms with van der Waals surface area (Å²) in [6.45, 7) is 0.681. The molecule has 1 spiro atoms. The topological polar surface area (TPSA) is 77.0 Å². The SMILES string of the molecule is O=C(Nc1ncc(-c2ccc3cncnc3c2)s1)C1CCOC2(CCC2)C1. The van der Waals surface area contributed by atoms with Gasteiger partial charge in [0.1, 0.15) is 6.33 Å². The van der Waals surface area contributed by atoms with Gasteiger partial charge in [-0.2, -0.15) is 0 Å². The van der Waals surface area contributed by atoms with E-state index in [-0.39, 0.29) is 17.4 Å². The van der Waals surface area contributed by atoms with Gasteiger partial charge in [0.05, 0.1) is 16.0 Å². The first-order valence-corrected chi connectivity index (χ1v) is 10.1. The fraction of sp³-hybridized carbons (Fsp3) is 0.400. The number of amides is 1. The van der Waals surface area contributed by atoms with Gasteiger partial charge in [0.25, 0.3) is 0 Å². The molecule has 27 heavy (non-hydrogen) atoms. The Balaban J connectivity index is 1.30. The Hall–Kier alpha value is -2.38. The van der Waals surface area contributed by atoms with Crippen LogP contribution in [-0.4, -0.2) is 33.1 Å². The molecule has 6 nitrogen and oxygen atoms in total. The van der Waals surface area contributed by atoms with Crippen molar-refractivity contribution in [1.29, 1.82) is 0 Å². The largest absolute Gasteiger partial charge is 0.375 e. The first-order chi connectivity index (χ1) is 13.2. The lowest BCUT2D eigenvalue weighted by atomic mass is 9.72. The van der Waals surface area contributed by atoms with Crippen LogP contribution in [0.15, 0.2) is 36.9 Å². The van der Waals surface area contributed by atoms with Gasteiger partial charge in [-0.05, 0) is 43.7 Å². The molecule has 1 aromatic carbocycles. The van der Waals surface area contributed by atoms with Gasteiger partial charge in [0, 0.05) is 30.3 Å².